The minimum absolute atomic E-state index is 0.0415. The second-order valence-corrected chi connectivity index (χ2v) is 8.04. The minimum Gasteiger partial charge on any atom is -0.336 e. The molecule has 2 amide bonds. The Labute approximate surface area is 166 Å². The van der Waals surface area contributed by atoms with Gasteiger partial charge in [0.15, 0.2) is 0 Å². The summed E-state index contributed by atoms with van der Waals surface area (Å²) in [5.74, 6) is 0.931. The highest BCUT2D eigenvalue weighted by Crippen LogP contribution is 2.22. The maximum absolute atomic E-state index is 12.3. The Morgan fingerprint density at radius 3 is 2.30 bits per heavy atom. The van der Waals surface area contributed by atoms with Crippen molar-refractivity contribution in [2.45, 2.75) is 33.4 Å². The van der Waals surface area contributed by atoms with Crippen molar-refractivity contribution in [3.05, 3.63) is 64.2 Å². The third kappa shape index (κ3) is 6.43. The Balaban J connectivity index is 1.82. The smallest absolute Gasteiger partial charge is 0.243 e. The highest BCUT2D eigenvalue weighted by Gasteiger charge is 2.15. The first-order chi connectivity index (χ1) is 12.8. The van der Waals surface area contributed by atoms with Crippen LogP contribution in [0, 0.1) is 27.7 Å². The first kappa shape index (κ1) is 21.0. The largest absolute Gasteiger partial charge is 0.336 e. The maximum Gasteiger partial charge on any atom is 0.243 e. The normalized spacial score (nSPS) is 10.6. The van der Waals surface area contributed by atoms with Gasteiger partial charge in [-0.1, -0.05) is 47.5 Å². The maximum atomic E-state index is 12.3. The number of amides is 2. The molecule has 27 heavy (non-hydrogen) atoms. The number of rotatable bonds is 7. The molecule has 5 heteroatoms. The average Bonchev–Trinajstić information content (AvgIpc) is 2.58. The molecule has 144 valence electrons. The van der Waals surface area contributed by atoms with Crippen molar-refractivity contribution in [3.63, 3.8) is 0 Å². The molecule has 0 unspecified atom stereocenters. The van der Waals surface area contributed by atoms with Crippen molar-refractivity contribution in [3.8, 4) is 0 Å². The van der Waals surface area contributed by atoms with Gasteiger partial charge in [-0.2, -0.15) is 0 Å². The molecule has 0 atom stereocenters. The number of nitrogens with zero attached hydrogens (tertiary/aromatic N) is 1. The van der Waals surface area contributed by atoms with Crippen LogP contribution < -0.4 is 5.32 Å². The van der Waals surface area contributed by atoms with Gasteiger partial charge < -0.3 is 10.2 Å². The summed E-state index contributed by atoms with van der Waals surface area (Å²) in [6, 6.07) is 12.4. The molecule has 0 radical (unpaired) electrons. The number of thioether (sulfide) groups is 1. The Bertz CT molecular complexity index is 810. The van der Waals surface area contributed by atoms with E-state index in [-0.39, 0.29) is 18.4 Å². The summed E-state index contributed by atoms with van der Waals surface area (Å²) >= 11 is 1.57. The van der Waals surface area contributed by atoms with Crippen molar-refractivity contribution in [2.24, 2.45) is 0 Å². The predicted octanol–water partition coefficient (Wildman–Crippen LogP) is 4.25. The third-order valence-electron chi connectivity index (χ3n) is 4.32. The molecule has 0 heterocycles. The first-order valence-corrected chi connectivity index (χ1v) is 10.2. The van der Waals surface area contributed by atoms with Crippen LogP contribution in [0.3, 0.4) is 0 Å². The molecule has 2 rings (SSSR count). The van der Waals surface area contributed by atoms with Crippen molar-refractivity contribution in [2.75, 3.05) is 24.7 Å². The van der Waals surface area contributed by atoms with Crippen LogP contribution in [0.5, 0.6) is 0 Å². The summed E-state index contributed by atoms with van der Waals surface area (Å²) in [4.78, 5) is 26.1. The average molecular weight is 385 g/mol. The van der Waals surface area contributed by atoms with Crippen molar-refractivity contribution < 1.29 is 9.59 Å². The van der Waals surface area contributed by atoms with Gasteiger partial charge in [0.25, 0.3) is 0 Å². The van der Waals surface area contributed by atoms with Crippen LogP contribution >= 0.6 is 11.8 Å². The number of anilines is 1. The Morgan fingerprint density at radius 1 is 1.00 bits per heavy atom. The quantitative estimate of drug-likeness (QED) is 0.776. The number of nitrogens with one attached hydrogen (secondary N) is 1. The fourth-order valence-corrected chi connectivity index (χ4v) is 3.94. The lowest BCUT2D eigenvalue weighted by molar-refractivity contribution is -0.131. The molecule has 0 aliphatic rings. The predicted molar refractivity (Wildman–Crippen MR) is 114 cm³/mol. The van der Waals surface area contributed by atoms with Gasteiger partial charge in [-0.05, 0) is 44.4 Å². The van der Waals surface area contributed by atoms with Gasteiger partial charge >= 0.3 is 0 Å². The molecular formula is C22H28N2O2S. The molecule has 1 N–H and O–H groups in total. The van der Waals surface area contributed by atoms with Gasteiger partial charge in [-0.15, -0.1) is 11.8 Å². The molecular weight excluding hydrogens is 356 g/mol. The lowest BCUT2D eigenvalue weighted by atomic mass is 10.1. The fourth-order valence-electron chi connectivity index (χ4n) is 3.03. The molecule has 0 aliphatic carbocycles. The van der Waals surface area contributed by atoms with Crippen molar-refractivity contribution in [1.82, 2.24) is 4.90 Å². The Hall–Kier alpha value is -2.27. The standard InChI is InChI=1S/C22H28N2O2S/c1-15-7-6-8-19(11-15)13-27-14-21(26)24(5)12-20(25)23-22-17(3)9-16(2)10-18(22)4/h6-11H,12-14H2,1-5H3,(H,23,25). The Morgan fingerprint density at radius 2 is 1.67 bits per heavy atom. The zero-order valence-electron chi connectivity index (χ0n) is 16.8. The molecule has 0 spiro atoms. The van der Waals surface area contributed by atoms with Gasteiger partial charge in [0.05, 0.1) is 12.3 Å². The molecule has 0 aromatic heterocycles. The van der Waals surface area contributed by atoms with Crippen LogP contribution in [0.15, 0.2) is 36.4 Å². The van der Waals surface area contributed by atoms with Crippen LogP contribution in [-0.4, -0.2) is 36.1 Å². The first-order valence-electron chi connectivity index (χ1n) is 9.01. The molecule has 2 aromatic carbocycles. The number of carbonyl (C=O) groups excluding carboxylic acids is 2. The lowest BCUT2D eigenvalue weighted by Gasteiger charge is -2.18. The van der Waals surface area contributed by atoms with E-state index in [1.807, 2.05) is 39.0 Å². The number of hydrogen-bond donors (Lipinski definition) is 1. The molecule has 2 aromatic rings. The van der Waals surface area contributed by atoms with E-state index in [0.717, 1.165) is 22.6 Å². The lowest BCUT2D eigenvalue weighted by Crippen LogP contribution is -2.36. The summed E-state index contributed by atoms with van der Waals surface area (Å²) in [5, 5.41) is 2.94. The number of likely N-dealkylation sites (N-methyl/N-ethyl adjacent to an activating group) is 1. The fraction of sp³-hybridized carbons (Fsp3) is 0.364. The van der Waals surface area contributed by atoms with E-state index in [9.17, 15) is 9.59 Å². The second kappa shape index (κ2) is 9.60. The molecule has 0 saturated heterocycles. The number of hydrogen-bond acceptors (Lipinski definition) is 3. The number of carbonyl (C=O) groups is 2. The van der Waals surface area contributed by atoms with E-state index >= 15 is 0 Å². The molecule has 0 saturated carbocycles. The van der Waals surface area contributed by atoms with E-state index in [0.29, 0.717) is 5.75 Å². The molecule has 0 fully saturated rings. The van der Waals surface area contributed by atoms with Gasteiger partial charge in [0, 0.05) is 18.5 Å². The highest BCUT2D eigenvalue weighted by atomic mass is 32.2. The van der Waals surface area contributed by atoms with E-state index in [2.05, 4.69) is 30.4 Å². The summed E-state index contributed by atoms with van der Waals surface area (Å²) in [6.07, 6.45) is 0. The molecule has 4 nitrogen and oxygen atoms in total. The van der Waals surface area contributed by atoms with Crippen molar-refractivity contribution in [1.29, 1.82) is 0 Å². The van der Waals surface area contributed by atoms with E-state index in [1.54, 1.807) is 18.8 Å². The van der Waals surface area contributed by atoms with Crippen LogP contribution in [-0.2, 0) is 15.3 Å². The van der Waals surface area contributed by atoms with Crippen LogP contribution in [0.2, 0.25) is 0 Å². The van der Waals surface area contributed by atoms with Gasteiger partial charge in [0.1, 0.15) is 0 Å². The third-order valence-corrected chi connectivity index (χ3v) is 5.31. The van der Waals surface area contributed by atoms with Gasteiger partial charge in [-0.25, -0.2) is 0 Å². The Kier molecular flexibility index (Phi) is 7.48. The summed E-state index contributed by atoms with van der Waals surface area (Å²) in [7, 11) is 1.67. The summed E-state index contributed by atoms with van der Waals surface area (Å²) in [6.45, 7) is 8.10. The van der Waals surface area contributed by atoms with E-state index in [4.69, 9.17) is 0 Å². The zero-order valence-corrected chi connectivity index (χ0v) is 17.6. The van der Waals surface area contributed by atoms with Crippen molar-refractivity contribution >= 4 is 29.3 Å². The SMILES string of the molecule is Cc1cccc(CSCC(=O)N(C)CC(=O)Nc2c(C)cc(C)cc2C)c1. The van der Waals surface area contributed by atoms with Gasteiger partial charge in [-0.3, -0.25) is 9.59 Å². The van der Waals surface area contributed by atoms with Crippen LogP contribution in [0.1, 0.15) is 27.8 Å². The second-order valence-electron chi connectivity index (χ2n) is 7.05. The topological polar surface area (TPSA) is 49.4 Å². The summed E-state index contributed by atoms with van der Waals surface area (Å²) in [5.41, 5.74) is 6.49. The summed E-state index contributed by atoms with van der Waals surface area (Å²) < 4.78 is 0. The minimum atomic E-state index is -0.176. The monoisotopic (exact) mass is 384 g/mol. The van der Waals surface area contributed by atoms with E-state index in [1.165, 1.54) is 21.6 Å². The van der Waals surface area contributed by atoms with E-state index < -0.39 is 0 Å². The zero-order chi connectivity index (χ0) is 20.0. The van der Waals surface area contributed by atoms with Gasteiger partial charge in [0.2, 0.25) is 11.8 Å². The molecule has 0 bridgehead atoms. The van der Waals surface area contributed by atoms with Crippen LogP contribution in [0.25, 0.3) is 0 Å². The molecule has 0 aliphatic heterocycles. The number of aryl methyl sites for hydroxylation is 4. The van der Waals surface area contributed by atoms with Crippen LogP contribution in [0.4, 0.5) is 5.69 Å². The number of benzene rings is 2. The highest BCUT2D eigenvalue weighted by molar-refractivity contribution is 7.99.